The lowest BCUT2D eigenvalue weighted by molar-refractivity contribution is -0.192. The molecule has 0 saturated carbocycles. The number of ether oxygens (including phenoxy) is 1. The van der Waals surface area contributed by atoms with Gasteiger partial charge in [-0.2, -0.15) is 13.2 Å². The molecule has 0 spiro atoms. The van der Waals surface area contributed by atoms with Crippen LogP contribution in [-0.4, -0.2) is 40.2 Å². The number of nitrogens with two attached hydrogens (primary N) is 1. The summed E-state index contributed by atoms with van der Waals surface area (Å²) in [6.07, 6.45) is -5.08. The molecule has 5 rings (SSSR count). The number of nitrogens with one attached hydrogen (secondary N) is 3. The number of rotatable bonds is 7. The molecular weight excluding hydrogens is 641 g/mol. The number of benzene rings is 5. The summed E-state index contributed by atoms with van der Waals surface area (Å²) in [6, 6.07) is 28.8. The lowest BCUT2D eigenvalue weighted by atomic mass is 9.98. The fourth-order valence-electron chi connectivity index (χ4n) is 4.24. The first-order chi connectivity index (χ1) is 22.2. The fourth-order valence-corrected chi connectivity index (χ4v) is 4.42. The maximum Gasteiger partial charge on any atom is 0.490 e. The summed E-state index contributed by atoms with van der Waals surface area (Å²) >= 11 is 6.15. The van der Waals surface area contributed by atoms with Crippen molar-refractivity contribution in [1.82, 2.24) is 0 Å². The fraction of sp³-hybridized carbons (Fsp3) is 0.0303. The van der Waals surface area contributed by atoms with Crippen molar-refractivity contribution in [2.45, 2.75) is 6.18 Å². The highest BCUT2D eigenvalue weighted by Crippen LogP contribution is 2.38. The van der Waals surface area contributed by atoms with E-state index in [2.05, 4.69) is 10.6 Å². The van der Waals surface area contributed by atoms with Gasteiger partial charge in [-0.25, -0.2) is 14.4 Å². The zero-order valence-corrected chi connectivity index (χ0v) is 24.7. The Bertz CT molecular complexity index is 2000. The average molecular weight is 665 g/mol. The minimum Gasteiger partial charge on any atom is -0.478 e. The molecule has 0 heterocycles. The smallest absolute Gasteiger partial charge is 0.478 e. The van der Waals surface area contributed by atoms with Crippen LogP contribution in [0.15, 0.2) is 103 Å². The summed E-state index contributed by atoms with van der Waals surface area (Å²) in [5.74, 6) is -2.95. The highest BCUT2D eigenvalue weighted by molar-refractivity contribution is 6.33. The maximum atomic E-state index is 12.7. The summed E-state index contributed by atoms with van der Waals surface area (Å²) < 4.78 is 38.0. The lowest BCUT2D eigenvalue weighted by Gasteiger charge is -2.16. The van der Waals surface area contributed by atoms with Crippen molar-refractivity contribution in [3.8, 4) is 22.6 Å². The molecular formula is C33H24ClF3N4O6. The van der Waals surface area contributed by atoms with Crippen LogP contribution in [0.2, 0.25) is 5.02 Å². The van der Waals surface area contributed by atoms with Gasteiger partial charge in [0.1, 0.15) is 17.3 Å². The molecule has 0 aliphatic rings. The molecule has 0 aromatic heterocycles. The molecule has 10 nitrogen and oxygen atoms in total. The standard InChI is InChI=1S/C31H23ClN4O4.C2HF3O2/c32-26-7-3-4-8-27(26)36-31(39)35-21-12-14-28(25(17-21)23-5-1-2-6-24(23)30(37)38)40-22-13-11-18-15-20(29(33)34)10-9-19(18)16-22;3-2(4,5)1(6)7/h1-17H,(H3,33,34)(H,37,38)(H2,35,36,39);(H,6,7). The Labute approximate surface area is 269 Å². The zero-order chi connectivity index (χ0) is 34.3. The van der Waals surface area contributed by atoms with Crippen LogP contribution in [0.4, 0.5) is 29.3 Å². The van der Waals surface area contributed by atoms with Gasteiger partial charge in [-0.15, -0.1) is 0 Å². The van der Waals surface area contributed by atoms with Gasteiger partial charge in [0.25, 0.3) is 0 Å². The quantitative estimate of drug-likeness (QED) is 0.0750. The van der Waals surface area contributed by atoms with Gasteiger partial charge in [0.05, 0.1) is 16.3 Å². The molecule has 240 valence electrons. The molecule has 0 aliphatic heterocycles. The number of carbonyl (C=O) groups excluding carboxylic acids is 1. The molecule has 0 radical (unpaired) electrons. The van der Waals surface area contributed by atoms with Gasteiger partial charge in [0, 0.05) is 16.8 Å². The minimum atomic E-state index is -5.08. The van der Waals surface area contributed by atoms with Crippen LogP contribution >= 0.6 is 11.6 Å². The van der Waals surface area contributed by atoms with Crippen molar-refractivity contribution in [2.24, 2.45) is 5.73 Å². The molecule has 0 saturated heterocycles. The monoisotopic (exact) mass is 664 g/mol. The predicted molar refractivity (Wildman–Crippen MR) is 172 cm³/mol. The number of alkyl halides is 3. The number of fused-ring (bicyclic) bond motifs is 1. The summed E-state index contributed by atoms with van der Waals surface area (Å²) in [5, 5.41) is 32.2. The number of amidine groups is 1. The number of nitrogen functional groups attached to an aromatic ring is 1. The number of amides is 2. The number of hydrogen-bond donors (Lipinski definition) is 6. The first-order valence-electron chi connectivity index (χ1n) is 13.4. The second kappa shape index (κ2) is 14.3. The normalized spacial score (nSPS) is 10.7. The van der Waals surface area contributed by atoms with E-state index in [-0.39, 0.29) is 11.4 Å². The van der Waals surface area contributed by atoms with E-state index >= 15 is 0 Å². The van der Waals surface area contributed by atoms with Crippen molar-refractivity contribution < 1.29 is 42.5 Å². The van der Waals surface area contributed by atoms with Gasteiger partial charge in [-0.1, -0.05) is 60.1 Å². The zero-order valence-electron chi connectivity index (χ0n) is 23.9. The van der Waals surface area contributed by atoms with E-state index in [0.29, 0.717) is 44.6 Å². The predicted octanol–water partition coefficient (Wildman–Crippen LogP) is 8.21. The van der Waals surface area contributed by atoms with E-state index in [4.69, 9.17) is 37.4 Å². The van der Waals surface area contributed by atoms with Crippen LogP contribution in [0.3, 0.4) is 0 Å². The molecule has 0 unspecified atom stereocenters. The van der Waals surface area contributed by atoms with Crippen molar-refractivity contribution in [1.29, 1.82) is 5.41 Å². The molecule has 0 aliphatic carbocycles. The Morgan fingerprint density at radius 1 is 0.787 bits per heavy atom. The molecule has 5 aromatic carbocycles. The van der Waals surface area contributed by atoms with Gasteiger partial charge in [0.2, 0.25) is 0 Å². The first kappa shape index (κ1) is 33.8. The third-order valence-electron chi connectivity index (χ3n) is 6.40. The second-order valence-corrected chi connectivity index (χ2v) is 10.1. The second-order valence-electron chi connectivity index (χ2n) is 9.66. The molecule has 2 amide bonds. The van der Waals surface area contributed by atoms with Crippen LogP contribution in [0, 0.1) is 5.41 Å². The van der Waals surface area contributed by atoms with Crippen molar-refractivity contribution in [2.75, 3.05) is 10.6 Å². The Balaban J connectivity index is 0.000000644. The highest BCUT2D eigenvalue weighted by Gasteiger charge is 2.38. The van der Waals surface area contributed by atoms with Crippen LogP contribution in [0.25, 0.3) is 21.9 Å². The van der Waals surface area contributed by atoms with Gasteiger partial charge in [-0.3, -0.25) is 5.41 Å². The lowest BCUT2D eigenvalue weighted by Crippen LogP contribution is -2.21. The van der Waals surface area contributed by atoms with Crippen molar-refractivity contribution in [3.05, 3.63) is 119 Å². The average Bonchev–Trinajstić information content (AvgIpc) is 3.02. The topological polar surface area (TPSA) is 175 Å². The van der Waals surface area contributed by atoms with E-state index < -0.39 is 24.1 Å². The molecule has 47 heavy (non-hydrogen) atoms. The minimum absolute atomic E-state index is 0.0155. The molecule has 14 heteroatoms. The van der Waals surface area contributed by atoms with E-state index in [1.54, 1.807) is 72.8 Å². The summed E-state index contributed by atoms with van der Waals surface area (Å²) in [4.78, 5) is 33.6. The van der Waals surface area contributed by atoms with Gasteiger partial charge in [0.15, 0.2) is 0 Å². The van der Waals surface area contributed by atoms with Gasteiger partial charge in [-0.05, 0) is 70.9 Å². The maximum absolute atomic E-state index is 12.7. The number of carbonyl (C=O) groups is 3. The molecule has 0 bridgehead atoms. The van der Waals surface area contributed by atoms with Crippen molar-refractivity contribution >= 4 is 57.6 Å². The Kier molecular flexibility index (Phi) is 10.3. The molecule has 0 fully saturated rings. The third kappa shape index (κ3) is 8.77. The number of aromatic carboxylic acids is 1. The van der Waals surface area contributed by atoms with E-state index in [1.165, 1.54) is 6.07 Å². The number of halogens is 4. The highest BCUT2D eigenvalue weighted by atomic mass is 35.5. The summed E-state index contributed by atoms with van der Waals surface area (Å²) in [5.41, 5.74) is 8.08. The number of carboxylic acids is 2. The Hall–Kier alpha value is -6.08. The van der Waals surface area contributed by atoms with Crippen molar-refractivity contribution in [3.63, 3.8) is 0 Å². The number of aliphatic carboxylic acids is 1. The largest absolute Gasteiger partial charge is 0.490 e. The van der Waals surface area contributed by atoms with Crippen LogP contribution in [-0.2, 0) is 4.79 Å². The van der Waals surface area contributed by atoms with E-state index in [0.717, 1.165) is 10.8 Å². The Morgan fingerprint density at radius 3 is 2.09 bits per heavy atom. The first-order valence-corrected chi connectivity index (χ1v) is 13.8. The van der Waals surface area contributed by atoms with Crippen LogP contribution in [0.5, 0.6) is 11.5 Å². The molecule has 7 N–H and O–H groups in total. The number of urea groups is 1. The van der Waals surface area contributed by atoms with E-state index in [9.17, 15) is 27.9 Å². The SMILES string of the molecule is N=C(N)c1ccc2cc(Oc3ccc(NC(=O)Nc4ccccc4Cl)cc3-c3ccccc3C(=O)O)ccc2c1.O=C(O)C(F)(F)F. The summed E-state index contributed by atoms with van der Waals surface area (Å²) in [6.45, 7) is 0. The number of hydrogen-bond acceptors (Lipinski definition) is 5. The third-order valence-corrected chi connectivity index (χ3v) is 6.73. The van der Waals surface area contributed by atoms with Crippen LogP contribution < -0.4 is 21.1 Å². The summed E-state index contributed by atoms with van der Waals surface area (Å²) in [7, 11) is 0. The van der Waals surface area contributed by atoms with Crippen LogP contribution in [0.1, 0.15) is 15.9 Å². The molecule has 0 atom stereocenters. The number of carboxylic acid groups (broad SMARTS) is 2. The number of anilines is 2. The number of para-hydroxylation sites is 1. The Morgan fingerprint density at radius 2 is 1.43 bits per heavy atom. The van der Waals surface area contributed by atoms with E-state index in [1.807, 2.05) is 24.3 Å². The molecule has 5 aromatic rings. The van der Waals surface area contributed by atoms with Gasteiger partial charge < -0.3 is 31.3 Å². The van der Waals surface area contributed by atoms with Gasteiger partial charge >= 0.3 is 24.1 Å².